The maximum Gasteiger partial charge on any atom is 0.176 e. The van der Waals surface area contributed by atoms with Crippen LogP contribution in [0.2, 0.25) is 0 Å². The Kier molecular flexibility index (Phi) is 4.33. The highest BCUT2D eigenvalue weighted by Gasteiger charge is 2.32. The molecular weight excluding hydrogens is 222 g/mol. The second kappa shape index (κ2) is 5.23. The molecule has 0 radical (unpaired) electrons. The lowest BCUT2D eigenvalue weighted by Gasteiger charge is -2.45. The van der Waals surface area contributed by atoms with Gasteiger partial charge in [-0.25, -0.2) is 0 Å². The summed E-state index contributed by atoms with van der Waals surface area (Å²) >= 11 is 0. The number of hydrogen-bond donors (Lipinski definition) is 0. The molecule has 1 rings (SSSR count). The molecule has 0 fully saturated rings. The van der Waals surface area contributed by atoms with Crippen LogP contribution in [-0.2, 0) is 0 Å². The Morgan fingerprint density at radius 1 is 0.944 bits per heavy atom. The third-order valence-corrected chi connectivity index (χ3v) is 3.02. The summed E-state index contributed by atoms with van der Waals surface area (Å²) in [7, 11) is 0. The van der Waals surface area contributed by atoms with Crippen molar-refractivity contribution in [1.82, 2.24) is 4.90 Å². The van der Waals surface area contributed by atoms with Gasteiger partial charge in [0.25, 0.3) is 0 Å². The Balaban J connectivity index is 2.90. The predicted molar refractivity (Wildman–Crippen MR) is 77.0 cm³/mol. The zero-order valence-corrected chi connectivity index (χ0v) is 12.4. The van der Waals surface area contributed by atoms with Gasteiger partial charge in [-0.05, 0) is 41.5 Å². The lowest BCUT2D eigenvalue weighted by atomic mass is 9.94. The van der Waals surface area contributed by atoms with Crippen LogP contribution in [0.15, 0.2) is 30.3 Å². The first-order chi connectivity index (χ1) is 8.12. The van der Waals surface area contributed by atoms with E-state index in [0.717, 1.165) is 5.56 Å². The fraction of sp³-hybridized carbons (Fsp3) is 0.562. The molecule has 0 amide bonds. The van der Waals surface area contributed by atoms with Gasteiger partial charge in [-0.1, -0.05) is 30.3 Å². The van der Waals surface area contributed by atoms with Crippen molar-refractivity contribution >= 4 is 5.78 Å². The zero-order valence-electron chi connectivity index (χ0n) is 12.4. The highest BCUT2D eigenvalue weighted by Crippen LogP contribution is 2.24. The molecule has 0 saturated carbocycles. The number of rotatable bonds is 3. The molecule has 0 heterocycles. The lowest BCUT2D eigenvalue weighted by molar-refractivity contribution is 0.0360. The van der Waals surface area contributed by atoms with Crippen LogP contribution in [-0.4, -0.2) is 28.3 Å². The van der Waals surface area contributed by atoms with Gasteiger partial charge in [0.2, 0.25) is 0 Å². The van der Waals surface area contributed by atoms with Gasteiger partial charge in [-0.3, -0.25) is 9.69 Å². The van der Waals surface area contributed by atoms with Crippen LogP contribution in [0, 0.1) is 0 Å². The fourth-order valence-electron chi connectivity index (χ4n) is 2.34. The van der Waals surface area contributed by atoms with E-state index in [1.165, 1.54) is 0 Å². The molecule has 0 saturated heterocycles. The Morgan fingerprint density at radius 2 is 1.39 bits per heavy atom. The largest absolute Gasteiger partial charge is 0.293 e. The minimum absolute atomic E-state index is 0.0251. The van der Waals surface area contributed by atoms with Crippen molar-refractivity contribution in [2.75, 3.05) is 6.54 Å². The molecule has 0 atom stereocenters. The molecule has 1 aromatic carbocycles. The normalized spacial score (nSPS) is 12.8. The summed E-state index contributed by atoms with van der Waals surface area (Å²) in [5, 5.41) is 0. The smallest absolute Gasteiger partial charge is 0.176 e. The maximum atomic E-state index is 12.3. The standard InChI is InChI=1S/C16H25NO/c1-15(2,3)17(16(4,5)6)12-14(18)13-10-8-7-9-11-13/h7-11H,12H2,1-6H3. The Labute approximate surface area is 111 Å². The van der Waals surface area contributed by atoms with Crippen molar-refractivity contribution in [3.63, 3.8) is 0 Å². The molecule has 0 N–H and O–H groups in total. The summed E-state index contributed by atoms with van der Waals surface area (Å²) in [6.07, 6.45) is 0. The summed E-state index contributed by atoms with van der Waals surface area (Å²) in [6, 6.07) is 9.51. The third kappa shape index (κ3) is 3.95. The number of ketones is 1. The van der Waals surface area contributed by atoms with E-state index in [-0.39, 0.29) is 16.9 Å². The Bertz CT molecular complexity index is 381. The minimum atomic E-state index is -0.0251. The van der Waals surface area contributed by atoms with E-state index in [1.807, 2.05) is 30.3 Å². The van der Waals surface area contributed by atoms with Gasteiger partial charge < -0.3 is 0 Å². The predicted octanol–water partition coefficient (Wildman–Crippen LogP) is 3.77. The van der Waals surface area contributed by atoms with Gasteiger partial charge in [0.05, 0.1) is 6.54 Å². The molecule has 0 aromatic heterocycles. The number of carbonyl (C=O) groups excluding carboxylic acids is 1. The molecule has 0 aliphatic rings. The van der Waals surface area contributed by atoms with Gasteiger partial charge in [0, 0.05) is 16.6 Å². The van der Waals surface area contributed by atoms with Gasteiger partial charge in [-0.2, -0.15) is 0 Å². The number of benzene rings is 1. The van der Waals surface area contributed by atoms with Crippen molar-refractivity contribution in [3.8, 4) is 0 Å². The van der Waals surface area contributed by atoms with Crippen molar-refractivity contribution in [2.24, 2.45) is 0 Å². The zero-order chi connectivity index (χ0) is 14.0. The third-order valence-electron chi connectivity index (χ3n) is 3.02. The Morgan fingerprint density at radius 3 is 1.78 bits per heavy atom. The van der Waals surface area contributed by atoms with E-state index in [1.54, 1.807) is 0 Å². The first kappa shape index (κ1) is 14.9. The number of carbonyl (C=O) groups is 1. The molecular formula is C16H25NO. The molecule has 100 valence electrons. The minimum Gasteiger partial charge on any atom is -0.293 e. The molecule has 0 aliphatic carbocycles. The van der Waals surface area contributed by atoms with E-state index in [9.17, 15) is 4.79 Å². The molecule has 0 aliphatic heterocycles. The first-order valence-corrected chi connectivity index (χ1v) is 6.48. The molecule has 18 heavy (non-hydrogen) atoms. The Hall–Kier alpha value is -1.15. The van der Waals surface area contributed by atoms with Gasteiger partial charge in [0.15, 0.2) is 5.78 Å². The van der Waals surface area contributed by atoms with Crippen LogP contribution in [0.5, 0.6) is 0 Å². The van der Waals surface area contributed by atoms with E-state index in [2.05, 4.69) is 46.4 Å². The molecule has 0 bridgehead atoms. The molecule has 0 unspecified atom stereocenters. The van der Waals surface area contributed by atoms with Crippen molar-refractivity contribution in [1.29, 1.82) is 0 Å². The quantitative estimate of drug-likeness (QED) is 0.758. The van der Waals surface area contributed by atoms with Gasteiger partial charge in [0.1, 0.15) is 0 Å². The summed E-state index contributed by atoms with van der Waals surface area (Å²) in [5.41, 5.74) is 0.738. The lowest BCUT2D eigenvalue weighted by Crippen LogP contribution is -2.54. The van der Waals surface area contributed by atoms with Crippen LogP contribution in [0.1, 0.15) is 51.9 Å². The van der Waals surface area contributed by atoms with Crippen LogP contribution >= 0.6 is 0 Å². The summed E-state index contributed by atoms with van der Waals surface area (Å²) in [6.45, 7) is 13.4. The maximum absolute atomic E-state index is 12.3. The van der Waals surface area contributed by atoms with Crippen LogP contribution in [0.25, 0.3) is 0 Å². The van der Waals surface area contributed by atoms with Crippen LogP contribution in [0.4, 0.5) is 0 Å². The number of Topliss-reactive ketones (excluding diaryl/α,β-unsaturated/α-hetero) is 1. The van der Waals surface area contributed by atoms with E-state index < -0.39 is 0 Å². The summed E-state index contributed by atoms with van der Waals surface area (Å²) < 4.78 is 0. The molecule has 2 heteroatoms. The van der Waals surface area contributed by atoms with Crippen molar-refractivity contribution in [2.45, 2.75) is 52.6 Å². The van der Waals surface area contributed by atoms with Gasteiger partial charge in [-0.15, -0.1) is 0 Å². The monoisotopic (exact) mass is 247 g/mol. The second-order valence-corrected chi connectivity index (χ2v) is 6.72. The van der Waals surface area contributed by atoms with Crippen LogP contribution < -0.4 is 0 Å². The van der Waals surface area contributed by atoms with E-state index in [0.29, 0.717) is 6.54 Å². The SMILES string of the molecule is CC(C)(C)N(CC(=O)c1ccccc1)C(C)(C)C. The van der Waals surface area contributed by atoms with Crippen molar-refractivity contribution in [3.05, 3.63) is 35.9 Å². The average Bonchev–Trinajstić information content (AvgIpc) is 2.23. The summed E-state index contributed by atoms with van der Waals surface area (Å²) in [5.74, 6) is 0.181. The molecule has 1 aromatic rings. The molecule has 0 spiro atoms. The van der Waals surface area contributed by atoms with Gasteiger partial charge >= 0.3 is 0 Å². The first-order valence-electron chi connectivity index (χ1n) is 6.48. The van der Waals surface area contributed by atoms with E-state index in [4.69, 9.17) is 0 Å². The fourth-order valence-corrected chi connectivity index (χ4v) is 2.34. The number of nitrogens with zero attached hydrogens (tertiary/aromatic N) is 1. The summed E-state index contributed by atoms with van der Waals surface area (Å²) in [4.78, 5) is 14.6. The average molecular weight is 247 g/mol. The molecule has 2 nitrogen and oxygen atoms in total. The van der Waals surface area contributed by atoms with Crippen molar-refractivity contribution < 1.29 is 4.79 Å². The number of hydrogen-bond acceptors (Lipinski definition) is 2. The second-order valence-electron chi connectivity index (χ2n) is 6.72. The van der Waals surface area contributed by atoms with Crippen LogP contribution in [0.3, 0.4) is 0 Å². The van der Waals surface area contributed by atoms with E-state index >= 15 is 0 Å². The highest BCUT2D eigenvalue weighted by molar-refractivity contribution is 5.97. The highest BCUT2D eigenvalue weighted by atomic mass is 16.1. The topological polar surface area (TPSA) is 20.3 Å².